The molecule has 5 rings (SSSR count). The van der Waals surface area contributed by atoms with E-state index in [4.69, 9.17) is 4.74 Å². The van der Waals surface area contributed by atoms with E-state index in [0.29, 0.717) is 11.4 Å². The van der Waals surface area contributed by atoms with Gasteiger partial charge in [0.1, 0.15) is 18.3 Å². The zero-order valence-electron chi connectivity index (χ0n) is 26.1. The van der Waals surface area contributed by atoms with Crippen LogP contribution in [-0.4, -0.2) is 50.9 Å². The number of amides is 2. The Morgan fingerprint density at radius 2 is 1.35 bits per heavy atom. The first-order valence-electron chi connectivity index (χ1n) is 15.7. The SMILES string of the molecule is COc1ccc(N(CC(=O)N(Cc2ccccc2)C(Cc2ccccc2)C(=O)NC2CCCCC2)S(=O)(=O)c2ccccc2)cc1. The van der Waals surface area contributed by atoms with Gasteiger partial charge in [-0.3, -0.25) is 13.9 Å². The highest BCUT2D eigenvalue weighted by molar-refractivity contribution is 7.92. The first kappa shape index (κ1) is 32.8. The highest BCUT2D eigenvalue weighted by Crippen LogP contribution is 2.27. The Hall–Kier alpha value is -4.63. The Bertz CT molecular complexity index is 1660. The summed E-state index contributed by atoms with van der Waals surface area (Å²) in [6.07, 6.45) is 5.33. The number of hydrogen-bond acceptors (Lipinski definition) is 5. The van der Waals surface area contributed by atoms with E-state index in [1.165, 1.54) is 24.1 Å². The summed E-state index contributed by atoms with van der Waals surface area (Å²) in [5.41, 5.74) is 2.05. The maximum Gasteiger partial charge on any atom is 0.264 e. The second-order valence-corrected chi connectivity index (χ2v) is 13.4. The van der Waals surface area contributed by atoms with Gasteiger partial charge in [0.25, 0.3) is 10.0 Å². The molecule has 0 aromatic heterocycles. The molecule has 8 nitrogen and oxygen atoms in total. The molecule has 0 aliphatic heterocycles. The van der Waals surface area contributed by atoms with Crippen molar-refractivity contribution in [3.63, 3.8) is 0 Å². The number of anilines is 1. The largest absolute Gasteiger partial charge is 0.497 e. The van der Waals surface area contributed by atoms with Crippen LogP contribution in [0.5, 0.6) is 5.75 Å². The number of sulfonamides is 1. The van der Waals surface area contributed by atoms with E-state index >= 15 is 0 Å². The van der Waals surface area contributed by atoms with E-state index in [2.05, 4.69) is 5.32 Å². The fourth-order valence-corrected chi connectivity index (χ4v) is 7.31. The van der Waals surface area contributed by atoms with Gasteiger partial charge in [-0.1, -0.05) is 98.1 Å². The standard InChI is InChI=1S/C37H41N3O5S/c1-45-33-24-22-32(23-25-33)40(46(43,44)34-20-12-5-13-21-34)28-36(41)39(27-30-16-8-3-9-17-30)35(26-29-14-6-2-7-15-29)37(42)38-31-18-10-4-11-19-31/h2-3,5-9,12-17,20-25,31,35H,4,10-11,18-19,26-28H2,1H3,(H,38,42). The topological polar surface area (TPSA) is 96.0 Å². The van der Waals surface area contributed by atoms with E-state index in [1.807, 2.05) is 60.7 Å². The summed E-state index contributed by atoms with van der Waals surface area (Å²) in [6, 6.07) is 32.9. The molecule has 2 amide bonds. The average molecular weight is 640 g/mol. The lowest BCUT2D eigenvalue weighted by molar-refractivity contribution is -0.140. The van der Waals surface area contributed by atoms with Gasteiger partial charge in [0.15, 0.2) is 0 Å². The molecular formula is C37H41N3O5S. The lowest BCUT2D eigenvalue weighted by Gasteiger charge is -2.35. The molecule has 1 fully saturated rings. The quantitative estimate of drug-likeness (QED) is 0.194. The number of carbonyl (C=O) groups excluding carboxylic acids is 2. The van der Waals surface area contributed by atoms with Crippen molar-refractivity contribution in [2.45, 2.75) is 62.0 Å². The summed E-state index contributed by atoms with van der Waals surface area (Å²) in [6.45, 7) is -0.366. The van der Waals surface area contributed by atoms with Crippen molar-refractivity contribution in [2.75, 3.05) is 18.0 Å². The summed E-state index contributed by atoms with van der Waals surface area (Å²) in [4.78, 5) is 30.3. The Kier molecular flexibility index (Phi) is 11.1. The third-order valence-corrected chi connectivity index (χ3v) is 10.2. The second-order valence-electron chi connectivity index (χ2n) is 11.6. The van der Waals surface area contributed by atoms with Crippen LogP contribution in [0.15, 0.2) is 120 Å². The molecule has 1 atom stereocenters. The molecule has 1 saturated carbocycles. The molecule has 1 aliphatic carbocycles. The number of carbonyl (C=O) groups is 2. The maximum atomic E-state index is 14.6. The molecule has 0 radical (unpaired) electrons. The van der Waals surface area contributed by atoms with Crippen LogP contribution in [-0.2, 0) is 32.6 Å². The molecule has 0 saturated heterocycles. The van der Waals surface area contributed by atoms with Gasteiger partial charge in [-0.25, -0.2) is 8.42 Å². The lowest BCUT2D eigenvalue weighted by atomic mass is 9.94. The van der Waals surface area contributed by atoms with Gasteiger partial charge in [0.05, 0.1) is 17.7 Å². The molecule has 1 unspecified atom stereocenters. The fourth-order valence-electron chi connectivity index (χ4n) is 5.88. The lowest BCUT2D eigenvalue weighted by Crippen LogP contribution is -2.55. The third-order valence-electron chi connectivity index (χ3n) is 8.39. The summed E-state index contributed by atoms with van der Waals surface area (Å²) in [5.74, 6) is -0.166. The van der Waals surface area contributed by atoms with Crippen molar-refractivity contribution in [3.8, 4) is 5.75 Å². The van der Waals surface area contributed by atoms with Gasteiger partial charge >= 0.3 is 0 Å². The minimum absolute atomic E-state index is 0.0439. The maximum absolute atomic E-state index is 14.6. The first-order chi connectivity index (χ1) is 22.3. The molecule has 240 valence electrons. The van der Waals surface area contributed by atoms with Crippen molar-refractivity contribution in [1.29, 1.82) is 0 Å². The van der Waals surface area contributed by atoms with Gasteiger partial charge in [0.2, 0.25) is 11.8 Å². The third kappa shape index (κ3) is 8.34. The summed E-state index contributed by atoms with van der Waals surface area (Å²) < 4.78 is 34.6. The highest BCUT2D eigenvalue weighted by atomic mass is 32.2. The predicted octanol–water partition coefficient (Wildman–Crippen LogP) is 5.98. The van der Waals surface area contributed by atoms with Crippen molar-refractivity contribution in [2.24, 2.45) is 0 Å². The molecule has 46 heavy (non-hydrogen) atoms. The van der Waals surface area contributed by atoms with E-state index in [0.717, 1.165) is 47.5 Å². The number of methoxy groups -OCH3 is 1. The van der Waals surface area contributed by atoms with Crippen LogP contribution in [0.1, 0.15) is 43.2 Å². The van der Waals surface area contributed by atoms with Gasteiger partial charge < -0.3 is 15.0 Å². The van der Waals surface area contributed by atoms with Crippen LogP contribution < -0.4 is 14.4 Å². The monoisotopic (exact) mass is 639 g/mol. The van der Waals surface area contributed by atoms with Crippen LogP contribution in [0.3, 0.4) is 0 Å². The minimum atomic E-state index is -4.16. The Morgan fingerprint density at radius 1 is 0.783 bits per heavy atom. The van der Waals surface area contributed by atoms with Gasteiger partial charge in [0, 0.05) is 19.0 Å². The smallest absolute Gasteiger partial charge is 0.264 e. The van der Waals surface area contributed by atoms with Crippen molar-refractivity contribution >= 4 is 27.5 Å². The second kappa shape index (κ2) is 15.6. The zero-order valence-corrected chi connectivity index (χ0v) is 26.9. The molecule has 0 spiro atoms. The molecule has 1 N–H and O–H groups in total. The number of benzene rings is 4. The van der Waals surface area contributed by atoms with Crippen LogP contribution in [0.25, 0.3) is 0 Å². The molecule has 4 aromatic rings. The molecule has 1 aliphatic rings. The minimum Gasteiger partial charge on any atom is -0.497 e. The number of hydrogen-bond donors (Lipinski definition) is 1. The number of ether oxygens (including phenoxy) is 1. The molecular weight excluding hydrogens is 598 g/mol. The van der Waals surface area contributed by atoms with E-state index in [-0.39, 0.29) is 29.8 Å². The fraction of sp³-hybridized carbons (Fsp3) is 0.297. The number of nitrogens with zero attached hydrogens (tertiary/aromatic N) is 2. The van der Waals surface area contributed by atoms with Gasteiger partial charge in [-0.05, 0) is 60.4 Å². The van der Waals surface area contributed by atoms with Gasteiger partial charge in [-0.2, -0.15) is 0 Å². The Morgan fingerprint density at radius 3 is 1.93 bits per heavy atom. The van der Waals surface area contributed by atoms with Crippen LogP contribution in [0.4, 0.5) is 5.69 Å². The van der Waals surface area contributed by atoms with Crippen LogP contribution >= 0.6 is 0 Å². The van der Waals surface area contributed by atoms with Crippen molar-refractivity contribution in [3.05, 3.63) is 126 Å². The molecule has 0 heterocycles. The first-order valence-corrected chi connectivity index (χ1v) is 17.2. The van der Waals surface area contributed by atoms with Crippen LogP contribution in [0, 0.1) is 0 Å². The Labute approximate surface area is 272 Å². The van der Waals surface area contributed by atoms with E-state index in [1.54, 1.807) is 42.5 Å². The Balaban J connectivity index is 1.54. The average Bonchev–Trinajstić information content (AvgIpc) is 3.10. The summed E-state index contributed by atoms with van der Waals surface area (Å²) in [5, 5.41) is 3.24. The molecule has 9 heteroatoms. The van der Waals surface area contributed by atoms with Crippen molar-refractivity contribution < 1.29 is 22.7 Å². The summed E-state index contributed by atoms with van der Waals surface area (Å²) in [7, 11) is -2.63. The summed E-state index contributed by atoms with van der Waals surface area (Å²) >= 11 is 0. The van der Waals surface area contributed by atoms with E-state index in [9.17, 15) is 18.0 Å². The zero-order chi connectivity index (χ0) is 32.4. The molecule has 0 bridgehead atoms. The van der Waals surface area contributed by atoms with Crippen LogP contribution in [0.2, 0.25) is 0 Å². The van der Waals surface area contributed by atoms with Gasteiger partial charge in [-0.15, -0.1) is 0 Å². The normalized spacial score (nSPS) is 14.2. The number of nitrogens with one attached hydrogen (secondary N) is 1. The van der Waals surface area contributed by atoms with E-state index < -0.39 is 28.5 Å². The highest BCUT2D eigenvalue weighted by Gasteiger charge is 2.35. The predicted molar refractivity (Wildman–Crippen MR) is 180 cm³/mol. The number of rotatable bonds is 13. The van der Waals surface area contributed by atoms with Crippen molar-refractivity contribution in [1.82, 2.24) is 10.2 Å². The molecule has 4 aromatic carbocycles.